The largest absolute Gasteiger partial charge is 0.478 e. The predicted molar refractivity (Wildman–Crippen MR) is 157 cm³/mol. The Labute approximate surface area is 238 Å². The molecular weight excluding hydrogens is 522 g/mol. The highest BCUT2D eigenvalue weighted by Gasteiger charge is 2.38. The van der Waals surface area contributed by atoms with Crippen LogP contribution in [0.4, 0.5) is 0 Å². The van der Waals surface area contributed by atoms with Crippen molar-refractivity contribution in [1.82, 2.24) is 0 Å². The van der Waals surface area contributed by atoms with Crippen LogP contribution in [0.5, 0.6) is 0 Å². The number of hydrogen-bond acceptors (Lipinski definition) is 6. The number of carboxylic acids is 1. The van der Waals surface area contributed by atoms with Gasteiger partial charge in [-0.2, -0.15) is 0 Å². The molecule has 0 unspecified atom stereocenters. The fourth-order valence-corrected chi connectivity index (χ4v) is 6.05. The molecule has 6 nitrogen and oxygen atoms in total. The number of rotatable bonds is 9. The number of aliphatic hydroxyl groups excluding tert-OH is 1. The number of carboxylic acid groups (broad SMARTS) is 1. The number of hydrogen-bond donors (Lipinski definition) is 3. The van der Waals surface area contributed by atoms with Crippen LogP contribution in [0.1, 0.15) is 51.9 Å². The van der Waals surface area contributed by atoms with Gasteiger partial charge in [-0.15, -0.1) is 11.8 Å². The third-order valence-corrected chi connectivity index (χ3v) is 8.47. The molecule has 1 saturated heterocycles. The average Bonchev–Trinajstić information content (AvgIpc) is 3.01. The molecule has 0 aromatic heterocycles. The van der Waals surface area contributed by atoms with Crippen LogP contribution in [0.25, 0.3) is 11.1 Å². The van der Waals surface area contributed by atoms with Gasteiger partial charge in [-0.05, 0) is 52.1 Å². The Hall–Kier alpha value is -3.46. The summed E-state index contributed by atoms with van der Waals surface area (Å²) in [5.41, 5.74) is 12.3. The van der Waals surface area contributed by atoms with Crippen molar-refractivity contribution in [3.05, 3.63) is 125 Å². The molecule has 206 valence electrons. The summed E-state index contributed by atoms with van der Waals surface area (Å²) in [4.78, 5) is 12.2. The van der Waals surface area contributed by atoms with Crippen molar-refractivity contribution in [3.8, 4) is 11.1 Å². The molecule has 4 aromatic rings. The van der Waals surface area contributed by atoms with Gasteiger partial charge in [-0.1, -0.05) is 79.7 Å². The second-order valence-corrected chi connectivity index (χ2v) is 11.0. The van der Waals surface area contributed by atoms with Crippen molar-refractivity contribution in [1.29, 1.82) is 0 Å². The van der Waals surface area contributed by atoms with Crippen LogP contribution in [-0.2, 0) is 22.6 Å². The first-order valence-electron chi connectivity index (χ1n) is 13.3. The van der Waals surface area contributed by atoms with Gasteiger partial charge in [-0.25, -0.2) is 4.79 Å². The van der Waals surface area contributed by atoms with Crippen LogP contribution in [0.15, 0.2) is 102 Å². The summed E-state index contributed by atoms with van der Waals surface area (Å²) in [6.07, 6.45) is -0.885. The van der Waals surface area contributed by atoms with Gasteiger partial charge in [0.05, 0.1) is 24.4 Å². The number of thioether (sulfide) groups is 1. The molecule has 0 aliphatic carbocycles. The van der Waals surface area contributed by atoms with Crippen molar-refractivity contribution >= 4 is 17.7 Å². The maximum atomic E-state index is 11.2. The van der Waals surface area contributed by atoms with Gasteiger partial charge in [0.25, 0.3) is 0 Å². The zero-order valence-corrected chi connectivity index (χ0v) is 23.1. The first-order chi connectivity index (χ1) is 19.5. The number of benzene rings is 4. The van der Waals surface area contributed by atoms with E-state index in [1.165, 1.54) is 0 Å². The zero-order valence-electron chi connectivity index (χ0n) is 22.3. The molecular formula is C33H33NO5S. The summed E-state index contributed by atoms with van der Waals surface area (Å²) in [6.45, 7) is 2.60. The first-order valence-corrected chi connectivity index (χ1v) is 14.3. The molecule has 0 spiro atoms. The number of nitrogens with two attached hydrogens (primary N) is 1. The van der Waals surface area contributed by atoms with Crippen LogP contribution in [0, 0.1) is 5.92 Å². The Balaban J connectivity index is 1.39. The smallest absolute Gasteiger partial charge is 0.335 e. The van der Waals surface area contributed by atoms with Crippen LogP contribution in [-0.4, -0.2) is 28.0 Å². The minimum Gasteiger partial charge on any atom is -0.478 e. The molecule has 5 rings (SSSR count). The molecule has 0 radical (unpaired) electrons. The van der Waals surface area contributed by atoms with Gasteiger partial charge in [0.15, 0.2) is 6.29 Å². The quantitative estimate of drug-likeness (QED) is 0.200. The summed E-state index contributed by atoms with van der Waals surface area (Å²) < 4.78 is 13.1. The van der Waals surface area contributed by atoms with Gasteiger partial charge in [0, 0.05) is 28.7 Å². The summed E-state index contributed by atoms with van der Waals surface area (Å²) in [5, 5.41) is 18.7. The third-order valence-electron chi connectivity index (χ3n) is 7.37. The molecule has 0 amide bonds. The zero-order chi connectivity index (χ0) is 28.1. The average molecular weight is 556 g/mol. The fraction of sp³-hybridized carbons (Fsp3) is 0.242. The third kappa shape index (κ3) is 6.30. The molecule has 4 atom stereocenters. The van der Waals surface area contributed by atoms with Crippen molar-refractivity contribution in [3.63, 3.8) is 0 Å². The summed E-state index contributed by atoms with van der Waals surface area (Å²) in [5.74, 6) is -0.202. The molecule has 4 N–H and O–H groups in total. The summed E-state index contributed by atoms with van der Waals surface area (Å²) in [6, 6.07) is 31.2. The molecule has 4 aromatic carbocycles. The lowest BCUT2D eigenvalue weighted by Crippen LogP contribution is -2.38. The van der Waals surface area contributed by atoms with Gasteiger partial charge < -0.3 is 25.4 Å². The lowest BCUT2D eigenvalue weighted by Gasteiger charge is -2.41. The number of aromatic carboxylic acids is 1. The van der Waals surface area contributed by atoms with Crippen molar-refractivity contribution in [2.75, 3.05) is 5.75 Å². The molecule has 1 heterocycles. The minimum atomic E-state index is -0.937. The lowest BCUT2D eigenvalue weighted by molar-refractivity contribution is -0.268. The maximum absolute atomic E-state index is 11.2. The van der Waals surface area contributed by atoms with Crippen LogP contribution in [0.3, 0.4) is 0 Å². The summed E-state index contributed by atoms with van der Waals surface area (Å²) >= 11 is 1.64. The Bertz CT molecular complexity index is 1420. The van der Waals surface area contributed by atoms with Gasteiger partial charge >= 0.3 is 5.97 Å². The van der Waals surface area contributed by atoms with E-state index < -0.39 is 12.3 Å². The van der Waals surface area contributed by atoms with Crippen LogP contribution in [0.2, 0.25) is 0 Å². The number of carbonyl (C=O) groups is 1. The molecule has 1 fully saturated rings. The monoisotopic (exact) mass is 555 g/mol. The van der Waals surface area contributed by atoms with E-state index in [4.69, 9.17) is 15.2 Å². The van der Waals surface area contributed by atoms with Crippen LogP contribution >= 0.6 is 11.8 Å². The highest BCUT2D eigenvalue weighted by molar-refractivity contribution is 7.99. The number of aliphatic hydroxyl groups is 1. The lowest BCUT2D eigenvalue weighted by atomic mass is 9.91. The first kappa shape index (κ1) is 28.1. The molecule has 0 bridgehead atoms. The van der Waals surface area contributed by atoms with Crippen molar-refractivity contribution < 1.29 is 24.5 Å². The Morgan fingerprint density at radius 3 is 2.20 bits per heavy atom. The molecule has 1 aliphatic heterocycles. The van der Waals surface area contributed by atoms with Gasteiger partial charge in [0.2, 0.25) is 0 Å². The Morgan fingerprint density at radius 1 is 0.875 bits per heavy atom. The van der Waals surface area contributed by atoms with E-state index in [0.717, 1.165) is 38.3 Å². The Morgan fingerprint density at radius 2 is 1.55 bits per heavy atom. The van der Waals surface area contributed by atoms with E-state index in [0.29, 0.717) is 12.3 Å². The van der Waals surface area contributed by atoms with E-state index in [1.807, 2.05) is 66.7 Å². The SMILES string of the molecule is C[C@H]1[C@@H](CSc2ccc(C(=O)O)cc2)O[C@@H](c2ccc(-c3ccccc3CN)cc2)O[C@H]1c1ccc(CO)cc1. The van der Waals surface area contributed by atoms with Crippen LogP contribution < -0.4 is 5.73 Å². The molecule has 40 heavy (non-hydrogen) atoms. The van der Waals surface area contributed by atoms with Gasteiger partial charge in [-0.3, -0.25) is 0 Å². The second kappa shape index (κ2) is 12.8. The van der Waals surface area contributed by atoms with E-state index in [1.54, 1.807) is 23.9 Å². The highest BCUT2D eigenvalue weighted by Crippen LogP contribution is 2.43. The van der Waals surface area contributed by atoms with E-state index >= 15 is 0 Å². The summed E-state index contributed by atoms with van der Waals surface area (Å²) in [7, 11) is 0. The minimum absolute atomic E-state index is 0.00728. The molecule has 1 aliphatic rings. The fourth-order valence-electron chi connectivity index (χ4n) is 4.98. The molecule has 0 saturated carbocycles. The van der Waals surface area contributed by atoms with Gasteiger partial charge in [0.1, 0.15) is 0 Å². The van der Waals surface area contributed by atoms with Crippen molar-refractivity contribution in [2.45, 2.75) is 43.5 Å². The predicted octanol–water partition coefficient (Wildman–Crippen LogP) is 6.59. The highest BCUT2D eigenvalue weighted by atomic mass is 32.2. The van der Waals surface area contributed by atoms with Crippen molar-refractivity contribution in [2.24, 2.45) is 11.7 Å². The van der Waals surface area contributed by atoms with E-state index in [9.17, 15) is 15.0 Å². The second-order valence-electron chi connectivity index (χ2n) is 9.95. The van der Waals surface area contributed by atoms with E-state index in [-0.39, 0.29) is 30.3 Å². The normalized spacial score (nSPS) is 20.8. The maximum Gasteiger partial charge on any atom is 0.335 e. The standard InChI is InChI=1S/C33H33NO5S/c1-21-30(20-40-28-16-14-25(15-17-28)32(36)37)38-33(39-31(21)24-8-6-22(19-35)7-9-24)26-12-10-23(11-13-26)29-5-3-2-4-27(29)18-34/h2-17,21,30-31,33,35H,18-20,34H2,1H3,(H,36,37)/t21-,30+,31+,33+/m0/s1. The van der Waals surface area contributed by atoms with E-state index in [2.05, 4.69) is 25.1 Å². The molecule has 7 heteroatoms. The topological polar surface area (TPSA) is 102 Å². The Kier molecular flexibility index (Phi) is 8.99. The number of ether oxygens (including phenoxy) is 2.